The first kappa shape index (κ1) is 13.5. The fourth-order valence-corrected chi connectivity index (χ4v) is 0.744. The molecule has 2 N–H and O–H groups in total. The quantitative estimate of drug-likeness (QED) is 0.318. The molecule has 0 aromatic rings. The Kier molecular flexibility index (Phi) is 5.83. The Morgan fingerprint density at radius 2 is 2.12 bits per heavy atom. The van der Waals surface area contributed by atoms with E-state index >= 15 is 0 Å². The second kappa shape index (κ2) is 6.90. The van der Waals surface area contributed by atoms with E-state index in [0.29, 0.717) is 17.6 Å². The van der Waals surface area contributed by atoms with Crippen LogP contribution in [0.1, 0.15) is 0 Å². The van der Waals surface area contributed by atoms with Gasteiger partial charge in [-0.15, -0.1) is 0 Å². The fourth-order valence-electron chi connectivity index (χ4n) is 0.744. The van der Waals surface area contributed by atoms with E-state index in [1.54, 1.807) is 6.07 Å². The lowest BCUT2D eigenvalue weighted by atomic mass is 10.1. The number of nitrogens with two attached hydrogens (primary N) is 1. The van der Waals surface area contributed by atoms with Gasteiger partial charge in [-0.25, -0.2) is 4.99 Å². The first-order chi connectivity index (χ1) is 7.54. The van der Waals surface area contributed by atoms with Crippen molar-refractivity contribution in [2.24, 2.45) is 15.7 Å². The van der Waals surface area contributed by atoms with Crippen molar-refractivity contribution in [3.05, 3.63) is 36.2 Å². The Balaban J connectivity index is 4.85. The van der Waals surface area contributed by atoms with Crippen molar-refractivity contribution in [2.75, 3.05) is 7.05 Å². The van der Waals surface area contributed by atoms with Gasteiger partial charge in [-0.05, 0) is 6.08 Å². The number of nitriles is 1. The SMILES string of the molecule is C=C(C#N)N=CC(=C)C(C=C(N)C=O)=NC. The third-order valence-corrected chi connectivity index (χ3v) is 1.51. The molecule has 0 aliphatic carbocycles. The monoisotopic (exact) mass is 216 g/mol. The summed E-state index contributed by atoms with van der Waals surface area (Å²) in [6, 6.07) is 1.76. The van der Waals surface area contributed by atoms with E-state index in [9.17, 15) is 4.79 Å². The lowest BCUT2D eigenvalue weighted by Crippen LogP contribution is -2.06. The molecule has 0 spiro atoms. The van der Waals surface area contributed by atoms with Crippen LogP contribution in [0.4, 0.5) is 0 Å². The second-order valence-electron chi connectivity index (χ2n) is 2.71. The van der Waals surface area contributed by atoms with E-state index in [2.05, 4.69) is 23.1 Å². The lowest BCUT2D eigenvalue weighted by molar-refractivity contribution is -0.104. The summed E-state index contributed by atoms with van der Waals surface area (Å²) in [5.74, 6) is 0. The molecule has 0 radical (unpaired) electrons. The molecule has 0 aromatic heterocycles. The van der Waals surface area contributed by atoms with Crippen LogP contribution < -0.4 is 5.73 Å². The summed E-state index contributed by atoms with van der Waals surface area (Å²) in [6.45, 7) is 7.04. The first-order valence-electron chi connectivity index (χ1n) is 4.26. The van der Waals surface area contributed by atoms with Crippen LogP contribution in [0.15, 0.2) is 46.2 Å². The largest absolute Gasteiger partial charge is 0.396 e. The van der Waals surface area contributed by atoms with Crippen LogP contribution >= 0.6 is 0 Å². The molecule has 0 atom stereocenters. The van der Waals surface area contributed by atoms with Crippen LogP contribution in [-0.2, 0) is 4.79 Å². The van der Waals surface area contributed by atoms with Crippen molar-refractivity contribution >= 4 is 18.2 Å². The summed E-state index contributed by atoms with van der Waals surface area (Å²) >= 11 is 0. The number of hydrogen-bond acceptors (Lipinski definition) is 5. The predicted octanol–water partition coefficient (Wildman–Crippen LogP) is 0.763. The van der Waals surface area contributed by atoms with Gasteiger partial charge >= 0.3 is 0 Å². The molecule has 0 aliphatic heterocycles. The minimum Gasteiger partial charge on any atom is -0.396 e. The molecule has 0 rings (SSSR count). The highest BCUT2D eigenvalue weighted by atomic mass is 16.1. The van der Waals surface area contributed by atoms with Gasteiger partial charge in [0.2, 0.25) is 0 Å². The van der Waals surface area contributed by atoms with Crippen LogP contribution in [0.25, 0.3) is 0 Å². The molecule has 0 saturated heterocycles. The van der Waals surface area contributed by atoms with E-state index in [1.165, 1.54) is 19.3 Å². The van der Waals surface area contributed by atoms with Gasteiger partial charge in [0.25, 0.3) is 0 Å². The first-order valence-corrected chi connectivity index (χ1v) is 4.26. The summed E-state index contributed by atoms with van der Waals surface area (Å²) in [7, 11) is 1.53. The van der Waals surface area contributed by atoms with E-state index < -0.39 is 0 Å². The Labute approximate surface area is 94.0 Å². The topological polar surface area (TPSA) is 91.6 Å². The van der Waals surface area contributed by atoms with Crippen LogP contribution in [0, 0.1) is 11.3 Å². The zero-order chi connectivity index (χ0) is 12.6. The van der Waals surface area contributed by atoms with Gasteiger partial charge in [0.1, 0.15) is 11.8 Å². The minimum absolute atomic E-state index is 0.0364. The number of aldehydes is 1. The third kappa shape index (κ3) is 4.67. The summed E-state index contributed by atoms with van der Waals surface area (Å²) in [5.41, 5.74) is 6.27. The Morgan fingerprint density at radius 3 is 2.56 bits per heavy atom. The molecule has 0 unspecified atom stereocenters. The number of rotatable bonds is 5. The van der Waals surface area contributed by atoms with Crippen LogP contribution in [0.5, 0.6) is 0 Å². The molecular formula is C11H12N4O. The average Bonchev–Trinajstić information content (AvgIpc) is 2.31. The second-order valence-corrected chi connectivity index (χ2v) is 2.71. The smallest absolute Gasteiger partial charge is 0.165 e. The number of hydrogen-bond donors (Lipinski definition) is 1. The van der Waals surface area contributed by atoms with E-state index in [-0.39, 0.29) is 11.4 Å². The van der Waals surface area contributed by atoms with Crippen molar-refractivity contribution in [1.82, 2.24) is 0 Å². The number of allylic oxidation sites excluding steroid dienone is 4. The number of nitrogens with zero attached hydrogens (tertiary/aromatic N) is 3. The zero-order valence-corrected chi connectivity index (χ0v) is 8.97. The van der Waals surface area contributed by atoms with Crippen LogP contribution in [0.3, 0.4) is 0 Å². The number of aliphatic imine (C=N–C) groups is 2. The molecule has 0 bridgehead atoms. The van der Waals surface area contributed by atoms with Crippen molar-refractivity contribution in [3.63, 3.8) is 0 Å². The van der Waals surface area contributed by atoms with Gasteiger partial charge in [0.05, 0.1) is 11.4 Å². The predicted molar refractivity (Wildman–Crippen MR) is 64.1 cm³/mol. The highest BCUT2D eigenvalue weighted by molar-refractivity contribution is 6.21. The summed E-state index contributed by atoms with van der Waals surface area (Å²) in [5, 5.41) is 8.43. The normalized spacial score (nSPS) is 12.2. The van der Waals surface area contributed by atoms with Gasteiger partial charge in [0, 0.05) is 18.8 Å². The van der Waals surface area contributed by atoms with E-state index in [0.717, 1.165) is 0 Å². The van der Waals surface area contributed by atoms with Crippen LogP contribution in [-0.4, -0.2) is 25.3 Å². The molecule has 0 fully saturated rings. The van der Waals surface area contributed by atoms with Gasteiger partial charge in [0.15, 0.2) is 6.29 Å². The van der Waals surface area contributed by atoms with Crippen LogP contribution in [0.2, 0.25) is 0 Å². The molecule has 0 amide bonds. The molecule has 0 aliphatic rings. The van der Waals surface area contributed by atoms with E-state index in [1.807, 2.05) is 0 Å². The molecule has 0 aromatic carbocycles. The third-order valence-electron chi connectivity index (χ3n) is 1.51. The number of carbonyl (C=O) groups excluding carboxylic acids is 1. The average molecular weight is 216 g/mol. The van der Waals surface area contributed by atoms with Gasteiger partial charge in [-0.3, -0.25) is 9.79 Å². The zero-order valence-electron chi connectivity index (χ0n) is 8.97. The maximum atomic E-state index is 10.3. The van der Waals surface area contributed by atoms with Crippen molar-refractivity contribution < 1.29 is 4.79 Å². The maximum absolute atomic E-state index is 10.3. The fraction of sp³-hybridized carbons (Fsp3) is 0.0909. The standard InChI is InChI=1S/C11H12N4O/c1-8(6-15-9(2)5-12)11(14-3)4-10(13)7-16/h4,6-7H,1-2,13H2,3H3. The minimum atomic E-state index is 0.0364. The lowest BCUT2D eigenvalue weighted by Gasteiger charge is -1.98. The van der Waals surface area contributed by atoms with E-state index in [4.69, 9.17) is 11.0 Å². The Hall–Kier alpha value is -2.48. The molecule has 5 nitrogen and oxygen atoms in total. The Morgan fingerprint density at radius 1 is 1.50 bits per heavy atom. The van der Waals surface area contributed by atoms with Crippen molar-refractivity contribution in [2.45, 2.75) is 0 Å². The molecule has 0 saturated carbocycles. The molecular weight excluding hydrogens is 204 g/mol. The maximum Gasteiger partial charge on any atom is 0.165 e. The number of carbonyl (C=O) groups is 1. The highest BCUT2D eigenvalue weighted by Gasteiger charge is 1.99. The van der Waals surface area contributed by atoms with Gasteiger partial charge in [-0.1, -0.05) is 13.2 Å². The molecule has 5 heteroatoms. The van der Waals surface area contributed by atoms with Gasteiger partial charge in [-0.2, -0.15) is 5.26 Å². The highest BCUT2D eigenvalue weighted by Crippen LogP contribution is 1.98. The van der Waals surface area contributed by atoms with Gasteiger partial charge < -0.3 is 5.73 Å². The summed E-state index contributed by atoms with van der Waals surface area (Å²) in [6.07, 6.45) is 3.21. The summed E-state index contributed by atoms with van der Waals surface area (Å²) in [4.78, 5) is 17.9. The molecule has 0 heterocycles. The van der Waals surface area contributed by atoms with Crippen molar-refractivity contribution in [3.8, 4) is 6.07 Å². The molecule has 82 valence electrons. The Bertz CT molecular complexity index is 435. The molecule has 16 heavy (non-hydrogen) atoms. The van der Waals surface area contributed by atoms with Crippen molar-refractivity contribution in [1.29, 1.82) is 5.26 Å². The summed E-state index contributed by atoms with van der Waals surface area (Å²) < 4.78 is 0.